The van der Waals surface area contributed by atoms with Gasteiger partial charge in [-0.1, -0.05) is 45.7 Å². The maximum Gasteiger partial charge on any atom is 0.267 e. The molecule has 0 radical (unpaired) electrons. The highest BCUT2D eigenvalue weighted by atomic mass is 79.9. The Morgan fingerprint density at radius 1 is 1.35 bits per heavy atom. The summed E-state index contributed by atoms with van der Waals surface area (Å²) < 4.78 is 0. The number of benzene rings is 1. The van der Waals surface area contributed by atoms with Crippen LogP contribution in [0.4, 0.5) is 5.69 Å². The number of halogens is 2. The van der Waals surface area contributed by atoms with Crippen molar-refractivity contribution < 1.29 is 4.79 Å². The predicted octanol–water partition coefficient (Wildman–Crippen LogP) is 4.55. The Bertz CT molecular complexity index is 541. The summed E-state index contributed by atoms with van der Waals surface area (Å²) in [5.74, 6) is -0.168. The molecule has 2 nitrogen and oxygen atoms in total. The minimum absolute atomic E-state index is 0.168. The number of nitrogens with one attached hydrogen (secondary N) is 1. The normalized spacial score (nSPS) is 10.2. The first-order valence-corrected chi connectivity index (χ1v) is 7.28. The summed E-state index contributed by atoms with van der Waals surface area (Å²) in [4.78, 5) is 12.5. The minimum atomic E-state index is -0.168. The Morgan fingerprint density at radius 3 is 2.76 bits per heavy atom. The Kier molecular flexibility index (Phi) is 4.20. The third kappa shape index (κ3) is 2.89. The van der Waals surface area contributed by atoms with Crippen LogP contribution >= 0.6 is 38.9 Å². The van der Waals surface area contributed by atoms with E-state index in [4.69, 9.17) is 11.6 Å². The lowest BCUT2D eigenvalue weighted by Crippen LogP contribution is -2.11. The smallest absolute Gasteiger partial charge is 0.267 e. The van der Waals surface area contributed by atoms with E-state index in [0.717, 1.165) is 11.3 Å². The van der Waals surface area contributed by atoms with Crippen molar-refractivity contribution in [2.24, 2.45) is 0 Å². The van der Waals surface area contributed by atoms with E-state index >= 15 is 0 Å². The molecule has 0 aliphatic carbocycles. The van der Waals surface area contributed by atoms with Crippen molar-refractivity contribution in [2.45, 2.75) is 5.33 Å². The molecule has 1 N–H and O–H groups in total. The van der Waals surface area contributed by atoms with Gasteiger partial charge in [0.25, 0.3) is 5.91 Å². The number of anilines is 1. The highest BCUT2D eigenvalue weighted by Gasteiger charge is 2.13. The van der Waals surface area contributed by atoms with Crippen LogP contribution in [-0.4, -0.2) is 5.91 Å². The standard InChI is InChI=1S/C12H9BrClNOS/c13-7-8-3-1-2-4-10(8)15-12(16)11-9(14)5-6-17-11/h1-6H,7H2,(H,15,16). The van der Waals surface area contributed by atoms with E-state index < -0.39 is 0 Å². The zero-order valence-corrected chi connectivity index (χ0v) is 11.9. The van der Waals surface area contributed by atoms with E-state index in [0.29, 0.717) is 15.2 Å². The quantitative estimate of drug-likeness (QED) is 0.822. The molecule has 0 bridgehead atoms. The second-order valence-corrected chi connectivity index (χ2v) is 5.23. The van der Waals surface area contributed by atoms with Gasteiger partial charge in [0.15, 0.2) is 0 Å². The summed E-state index contributed by atoms with van der Waals surface area (Å²) in [7, 11) is 0. The average molecular weight is 331 g/mol. The first-order valence-electron chi connectivity index (χ1n) is 4.90. The van der Waals surface area contributed by atoms with Crippen LogP contribution in [0, 0.1) is 0 Å². The number of hydrogen-bond donors (Lipinski definition) is 1. The molecule has 1 aromatic heterocycles. The Morgan fingerprint density at radius 2 is 2.12 bits per heavy atom. The Balaban J connectivity index is 2.22. The number of carbonyl (C=O) groups excluding carboxylic acids is 1. The van der Waals surface area contributed by atoms with Crippen LogP contribution in [0.5, 0.6) is 0 Å². The molecular formula is C12H9BrClNOS. The number of rotatable bonds is 3. The van der Waals surface area contributed by atoms with Gasteiger partial charge in [-0.2, -0.15) is 0 Å². The van der Waals surface area contributed by atoms with E-state index in [1.54, 1.807) is 11.4 Å². The van der Waals surface area contributed by atoms with E-state index in [1.807, 2.05) is 24.3 Å². The van der Waals surface area contributed by atoms with Gasteiger partial charge in [0.2, 0.25) is 0 Å². The van der Waals surface area contributed by atoms with Gasteiger partial charge in [-0.05, 0) is 23.1 Å². The Hall–Kier alpha value is -0.840. The summed E-state index contributed by atoms with van der Waals surface area (Å²) in [5.41, 5.74) is 1.84. The summed E-state index contributed by atoms with van der Waals surface area (Å²) in [6.45, 7) is 0. The molecule has 0 aliphatic rings. The van der Waals surface area contributed by atoms with Crippen molar-refractivity contribution >= 4 is 50.5 Å². The lowest BCUT2D eigenvalue weighted by atomic mass is 10.2. The second-order valence-electron chi connectivity index (χ2n) is 3.34. The monoisotopic (exact) mass is 329 g/mol. The maximum atomic E-state index is 12.0. The second kappa shape index (κ2) is 5.67. The molecule has 1 heterocycles. The highest BCUT2D eigenvalue weighted by molar-refractivity contribution is 9.08. The first-order chi connectivity index (χ1) is 8.22. The predicted molar refractivity (Wildman–Crippen MR) is 76.4 cm³/mol. The summed E-state index contributed by atoms with van der Waals surface area (Å²) in [5, 5.41) is 5.85. The van der Waals surface area contributed by atoms with Gasteiger partial charge in [-0.25, -0.2) is 0 Å². The lowest BCUT2D eigenvalue weighted by Gasteiger charge is -2.08. The largest absolute Gasteiger partial charge is 0.321 e. The van der Waals surface area contributed by atoms with Crippen molar-refractivity contribution in [2.75, 3.05) is 5.32 Å². The number of thiophene rings is 1. The van der Waals surface area contributed by atoms with Gasteiger partial charge >= 0.3 is 0 Å². The van der Waals surface area contributed by atoms with Crippen LogP contribution in [0.2, 0.25) is 5.02 Å². The summed E-state index contributed by atoms with van der Waals surface area (Å²) in [6, 6.07) is 9.37. The molecule has 0 aliphatic heterocycles. The third-order valence-electron chi connectivity index (χ3n) is 2.23. The molecule has 0 saturated heterocycles. The first kappa shape index (κ1) is 12.6. The van der Waals surface area contributed by atoms with Crippen LogP contribution in [0.25, 0.3) is 0 Å². The van der Waals surface area contributed by atoms with Gasteiger partial charge in [-0.3, -0.25) is 4.79 Å². The van der Waals surface area contributed by atoms with Crippen LogP contribution < -0.4 is 5.32 Å². The SMILES string of the molecule is O=C(Nc1ccccc1CBr)c1sccc1Cl. The fourth-order valence-corrected chi connectivity index (χ4v) is 2.92. The van der Waals surface area contributed by atoms with Crippen molar-refractivity contribution in [1.29, 1.82) is 0 Å². The molecule has 17 heavy (non-hydrogen) atoms. The molecule has 2 rings (SSSR count). The van der Waals surface area contributed by atoms with E-state index in [2.05, 4.69) is 21.2 Å². The topological polar surface area (TPSA) is 29.1 Å². The third-order valence-corrected chi connectivity index (χ3v) is 4.18. The average Bonchev–Trinajstić information content (AvgIpc) is 2.76. The number of amides is 1. The van der Waals surface area contributed by atoms with E-state index in [-0.39, 0.29) is 5.91 Å². The van der Waals surface area contributed by atoms with Gasteiger partial charge in [0.1, 0.15) is 4.88 Å². The number of carbonyl (C=O) groups is 1. The molecular weight excluding hydrogens is 322 g/mol. The number of hydrogen-bond acceptors (Lipinski definition) is 2. The molecule has 2 aromatic rings. The summed E-state index contributed by atoms with van der Waals surface area (Å²) >= 11 is 10.6. The molecule has 88 valence electrons. The van der Waals surface area contributed by atoms with Crippen LogP contribution in [-0.2, 0) is 5.33 Å². The van der Waals surface area contributed by atoms with Crippen LogP contribution in [0.15, 0.2) is 35.7 Å². The highest BCUT2D eigenvalue weighted by Crippen LogP contribution is 2.24. The molecule has 0 atom stereocenters. The lowest BCUT2D eigenvalue weighted by molar-refractivity contribution is 0.103. The molecule has 1 aromatic carbocycles. The van der Waals surface area contributed by atoms with Crippen LogP contribution in [0.1, 0.15) is 15.2 Å². The summed E-state index contributed by atoms with van der Waals surface area (Å²) in [6.07, 6.45) is 0. The fourth-order valence-electron chi connectivity index (χ4n) is 1.39. The zero-order chi connectivity index (χ0) is 12.3. The van der Waals surface area contributed by atoms with Crippen LogP contribution in [0.3, 0.4) is 0 Å². The minimum Gasteiger partial charge on any atom is -0.321 e. The molecule has 0 saturated carbocycles. The van der Waals surface area contributed by atoms with Gasteiger partial charge in [-0.15, -0.1) is 11.3 Å². The molecule has 0 spiro atoms. The maximum absolute atomic E-state index is 12.0. The van der Waals surface area contributed by atoms with E-state index in [9.17, 15) is 4.79 Å². The van der Waals surface area contributed by atoms with Crippen molar-refractivity contribution in [3.63, 3.8) is 0 Å². The van der Waals surface area contributed by atoms with Gasteiger partial charge in [0, 0.05) is 11.0 Å². The number of alkyl halides is 1. The van der Waals surface area contributed by atoms with E-state index in [1.165, 1.54) is 11.3 Å². The van der Waals surface area contributed by atoms with Gasteiger partial charge < -0.3 is 5.32 Å². The van der Waals surface area contributed by atoms with Crippen molar-refractivity contribution in [1.82, 2.24) is 0 Å². The van der Waals surface area contributed by atoms with Crippen molar-refractivity contribution in [3.05, 3.63) is 51.2 Å². The Labute approximate surface area is 117 Å². The molecule has 0 unspecified atom stereocenters. The fraction of sp³-hybridized carbons (Fsp3) is 0.0833. The van der Waals surface area contributed by atoms with Gasteiger partial charge in [0.05, 0.1) is 5.02 Å². The molecule has 5 heteroatoms. The molecule has 1 amide bonds. The number of para-hydroxylation sites is 1. The molecule has 0 fully saturated rings. The van der Waals surface area contributed by atoms with Crippen molar-refractivity contribution in [3.8, 4) is 0 Å². The zero-order valence-electron chi connectivity index (χ0n) is 8.74.